The molecule has 3 N–H and O–H groups in total. The molecule has 0 saturated heterocycles. The van der Waals surface area contributed by atoms with Gasteiger partial charge in [-0.15, -0.1) is 0 Å². The maximum absolute atomic E-state index is 10.9. The number of ether oxygens (including phenoxy) is 1. The van der Waals surface area contributed by atoms with Crippen LogP contribution in [0.15, 0.2) is 12.1 Å². The number of hydrogen-bond donors (Lipinski definition) is 3. The van der Waals surface area contributed by atoms with Crippen molar-refractivity contribution < 1.29 is 24.9 Å². The van der Waals surface area contributed by atoms with Gasteiger partial charge in [-0.05, 0) is 18.1 Å². The van der Waals surface area contributed by atoms with Crippen LogP contribution < -0.4 is 4.74 Å². The first kappa shape index (κ1) is 11.3. The number of aromatic hydroxyl groups is 1. The van der Waals surface area contributed by atoms with Gasteiger partial charge in [0.05, 0.1) is 7.11 Å². The van der Waals surface area contributed by atoms with E-state index in [0.717, 1.165) is 0 Å². The Morgan fingerprint density at radius 1 is 1.47 bits per heavy atom. The Hall–Kier alpha value is -1.75. The normalized spacial score (nSPS) is 10.0. The van der Waals surface area contributed by atoms with E-state index in [1.165, 1.54) is 19.2 Å². The van der Waals surface area contributed by atoms with E-state index >= 15 is 0 Å². The molecule has 1 aromatic rings. The number of hydrogen-bond acceptors (Lipinski definition) is 4. The van der Waals surface area contributed by atoms with Crippen molar-refractivity contribution in [2.45, 2.75) is 6.42 Å². The summed E-state index contributed by atoms with van der Waals surface area (Å²) in [5.74, 6) is -1.51. The number of phenols is 1. The van der Waals surface area contributed by atoms with E-state index in [4.69, 9.17) is 14.9 Å². The largest absolute Gasteiger partial charge is 0.507 e. The van der Waals surface area contributed by atoms with Gasteiger partial charge in [0.25, 0.3) is 0 Å². The van der Waals surface area contributed by atoms with Crippen LogP contribution >= 0.6 is 0 Å². The molecule has 82 valence electrons. The first-order chi connectivity index (χ1) is 7.11. The van der Waals surface area contributed by atoms with Crippen LogP contribution in [-0.2, 0) is 6.42 Å². The molecule has 5 nitrogen and oxygen atoms in total. The van der Waals surface area contributed by atoms with E-state index in [1.807, 2.05) is 0 Å². The third-order valence-electron chi connectivity index (χ3n) is 2.04. The highest BCUT2D eigenvalue weighted by atomic mass is 16.5. The predicted molar refractivity (Wildman–Crippen MR) is 52.4 cm³/mol. The highest BCUT2D eigenvalue weighted by Crippen LogP contribution is 2.31. The summed E-state index contributed by atoms with van der Waals surface area (Å²) in [6.07, 6.45) is 0.204. The molecule has 0 saturated carbocycles. The maximum Gasteiger partial charge on any atom is 0.343 e. The Balaban J connectivity index is 3.29. The molecule has 15 heavy (non-hydrogen) atoms. The zero-order valence-corrected chi connectivity index (χ0v) is 8.23. The van der Waals surface area contributed by atoms with Crippen molar-refractivity contribution >= 4 is 5.97 Å². The number of carboxylic acid groups (broad SMARTS) is 1. The smallest absolute Gasteiger partial charge is 0.343 e. The Kier molecular flexibility index (Phi) is 3.51. The molecule has 0 amide bonds. The van der Waals surface area contributed by atoms with E-state index < -0.39 is 5.97 Å². The maximum atomic E-state index is 10.9. The van der Waals surface area contributed by atoms with Gasteiger partial charge in [-0.25, -0.2) is 4.79 Å². The van der Waals surface area contributed by atoms with Crippen molar-refractivity contribution in [1.82, 2.24) is 0 Å². The van der Waals surface area contributed by atoms with Crippen LogP contribution in [0.4, 0.5) is 0 Å². The minimum absolute atomic E-state index is 0.0988. The summed E-state index contributed by atoms with van der Waals surface area (Å²) >= 11 is 0. The lowest BCUT2D eigenvalue weighted by atomic mass is 10.1. The van der Waals surface area contributed by atoms with Crippen molar-refractivity contribution in [1.29, 1.82) is 0 Å². The molecule has 0 heterocycles. The monoisotopic (exact) mass is 212 g/mol. The van der Waals surface area contributed by atoms with Crippen molar-refractivity contribution in [3.8, 4) is 11.5 Å². The second-order valence-corrected chi connectivity index (χ2v) is 2.93. The Morgan fingerprint density at radius 3 is 2.60 bits per heavy atom. The van der Waals surface area contributed by atoms with Crippen LogP contribution in [-0.4, -0.2) is 35.0 Å². The third kappa shape index (κ3) is 2.19. The fourth-order valence-electron chi connectivity index (χ4n) is 1.31. The summed E-state index contributed by atoms with van der Waals surface area (Å²) in [5, 5.41) is 27.2. The number of carbonyl (C=O) groups is 1. The number of carboxylic acids is 1. The summed E-state index contributed by atoms with van der Waals surface area (Å²) in [7, 11) is 1.33. The first-order valence-corrected chi connectivity index (χ1v) is 4.34. The molecule has 0 aliphatic rings. The summed E-state index contributed by atoms with van der Waals surface area (Å²) < 4.78 is 4.82. The number of rotatable bonds is 4. The van der Waals surface area contributed by atoms with Gasteiger partial charge >= 0.3 is 5.97 Å². The second kappa shape index (κ2) is 4.65. The Labute approximate surface area is 86.5 Å². The first-order valence-electron chi connectivity index (χ1n) is 4.34. The second-order valence-electron chi connectivity index (χ2n) is 2.93. The molecule has 0 fully saturated rings. The molecule has 1 aromatic carbocycles. The highest BCUT2D eigenvalue weighted by molar-refractivity contribution is 5.94. The standard InChI is InChI=1S/C10H12O5/c1-15-7-3-2-6(4-5-11)9(12)8(7)10(13)14/h2-3,11-12H,4-5H2,1H3,(H,13,14). The number of methoxy groups -OCH3 is 1. The molecule has 0 atom stereocenters. The van der Waals surface area contributed by atoms with Crippen molar-refractivity contribution in [2.24, 2.45) is 0 Å². The number of aromatic carboxylic acids is 1. The van der Waals surface area contributed by atoms with E-state index in [1.54, 1.807) is 0 Å². The highest BCUT2D eigenvalue weighted by Gasteiger charge is 2.19. The summed E-state index contributed by atoms with van der Waals surface area (Å²) in [6.45, 7) is -0.154. The summed E-state index contributed by atoms with van der Waals surface area (Å²) in [4.78, 5) is 10.9. The van der Waals surface area contributed by atoms with Crippen LogP contribution in [0, 0.1) is 0 Å². The lowest BCUT2D eigenvalue weighted by molar-refractivity contribution is 0.0689. The SMILES string of the molecule is COc1ccc(CCO)c(O)c1C(=O)O. The van der Waals surface area contributed by atoms with Crippen molar-refractivity contribution in [2.75, 3.05) is 13.7 Å². The minimum Gasteiger partial charge on any atom is -0.507 e. The Morgan fingerprint density at radius 2 is 2.13 bits per heavy atom. The van der Waals surface area contributed by atoms with E-state index in [9.17, 15) is 9.90 Å². The van der Waals surface area contributed by atoms with Crippen molar-refractivity contribution in [3.63, 3.8) is 0 Å². The summed E-state index contributed by atoms with van der Waals surface area (Å²) in [6, 6.07) is 2.98. The van der Waals surface area contributed by atoms with E-state index in [0.29, 0.717) is 5.56 Å². The van der Waals surface area contributed by atoms with Gasteiger partial charge in [0.2, 0.25) is 0 Å². The van der Waals surface area contributed by atoms with Gasteiger partial charge in [-0.3, -0.25) is 0 Å². The average molecular weight is 212 g/mol. The third-order valence-corrected chi connectivity index (χ3v) is 2.04. The van der Waals surface area contributed by atoms with Gasteiger partial charge in [-0.1, -0.05) is 6.07 Å². The average Bonchev–Trinajstić information content (AvgIpc) is 2.20. The van der Waals surface area contributed by atoms with E-state index in [2.05, 4.69) is 0 Å². The molecule has 5 heteroatoms. The lowest BCUT2D eigenvalue weighted by Crippen LogP contribution is -2.03. The molecular formula is C10H12O5. The molecule has 0 aliphatic carbocycles. The number of aliphatic hydroxyl groups is 1. The quantitative estimate of drug-likeness (QED) is 0.681. The van der Waals surface area contributed by atoms with Crippen LogP contribution in [0.2, 0.25) is 0 Å². The molecule has 0 aromatic heterocycles. The van der Waals surface area contributed by atoms with Crippen LogP contribution in [0.25, 0.3) is 0 Å². The lowest BCUT2D eigenvalue weighted by Gasteiger charge is -2.10. The van der Waals surface area contributed by atoms with Crippen molar-refractivity contribution in [3.05, 3.63) is 23.3 Å². The van der Waals surface area contributed by atoms with Crippen LogP contribution in [0.1, 0.15) is 15.9 Å². The molecule has 0 unspecified atom stereocenters. The van der Waals surface area contributed by atoms with Gasteiger partial charge < -0.3 is 20.1 Å². The van der Waals surface area contributed by atoms with Gasteiger partial charge in [-0.2, -0.15) is 0 Å². The molecular weight excluding hydrogens is 200 g/mol. The summed E-state index contributed by atoms with van der Waals surface area (Å²) in [5.41, 5.74) is 0.110. The molecule has 0 bridgehead atoms. The molecule has 1 rings (SSSR count). The van der Waals surface area contributed by atoms with E-state index in [-0.39, 0.29) is 30.1 Å². The zero-order chi connectivity index (χ0) is 11.4. The fourth-order valence-corrected chi connectivity index (χ4v) is 1.31. The molecule has 0 aliphatic heterocycles. The Bertz CT molecular complexity index is 372. The van der Waals surface area contributed by atoms with Crippen LogP contribution in [0.3, 0.4) is 0 Å². The minimum atomic E-state index is -1.26. The van der Waals surface area contributed by atoms with Crippen LogP contribution in [0.5, 0.6) is 11.5 Å². The van der Waals surface area contributed by atoms with Gasteiger partial charge in [0, 0.05) is 6.61 Å². The topological polar surface area (TPSA) is 87.0 Å². The van der Waals surface area contributed by atoms with Gasteiger partial charge in [0.1, 0.15) is 17.1 Å². The number of benzene rings is 1. The zero-order valence-electron chi connectivity index (χ0n) is 8.23. The molecule has 0 spiro atoms. The number of aliphatic hydroxyl groups excluding tert-OH is 1. The predicted octanol–water partition coefficient (Wildman–Crippen LogP) is 0.634. The van der Waals surface area contributed by atoms with Gasteiger partial charge in [0.15, 0.2) is 0 Å². The molecule has 0 radical (unpaired) electrons. The fraction of sp³-hybridized carbons (Fsp3) is 0.300.